The number of nitrogens with zero attached hydrogens (tertiary/aromatic N) is 2. The molecule has 1 N–H and O–H groups in total. The summed E-state index contributed by atoms with van der Waals surface area (Å²) in [4.78, 5) is 10.9. The van der Waals surface area contributed by atoms with E-state index in [1.807, 2.05) is 37.4 Å². The van der Waals surface area contributed by atoms with Crippen LogP contribution in [0, 0.1) is 13.5 Å². The van der Waals surface area contributed by atoms with Crippen molar-refractivity contribution in [3.63, 3.8) is 0 Å². The van der Waals surface area contributed by atoms with Crippen molar-refractivity contribution in [1.82, 2.24) is 9.97 Å². The molecule has 11 heteroatoms. The first-order valence-corrected chi connectivity index (χ1v) is 4.87. The predicted molar refractivity (Wildman–Crippen MR) is 65.0 cm³/mol. The number of hydrogen-bond acceptors (Lipinski definition) is 2. The van der Waals surface area contributed by atoms with Gasteiger partial charge >= 0.3 is 0 Å². The number of pyridine rings is 1. The molecule has 0 aliphatic heterocycles. The summed E-state index contributed by atoms with van der Waals surface area (Å²) in [5, 5.41) is 0. The maximum atomic E-state index is 5.64. The predicted octanol–water partition coefficient (Wildman–Crippen LogP) is 2.72. The third-order valence-corrected chi connectivity index (χ3v) is 2.25. The molecule has 0 saturated carbocycles. The van der Waals surface area contributed by atoms with Crippen molar-refractivity contribution in [1.29, 1.82) is 0 Å². The number of aryl methyl sites for hydroxylation is 1. The van der Waals surface area contributed by atoms with Crippen LogP contribution in [0.1, 0.15) is 11.3 Å². The Balaban J connectivity index is -0.0000000722. The number of aromatic nitrogens is 2. The molecule has 0 aliphatic carbocycles. The molecule has 0 aromatic carbocycles. The van der Waals surface area contributed by atoms with Gasteiger partial charge in [-0.05, 0) is 25.1 Å². The fourth-order valence-corrected chi connectivity index (χ4v) is 1.49. The van der Waals surface area contributed by atoms with Gasteiger partial charge in [-0.3, -0.25) is 5.70 Å². The quantitative estimate of drug-likeness (QED) is 0.374. The van der Waals surface area contributed by atoms with E-state index in [1.165, 1.54) is 0 Å². The van der Waals surface area contributed by atoms with Crippen LogP contribution in [-0.2, 0) is 262 Å². The number of hydrogen-bond donors (Lipinski definition) is 1. The average Bonchev–Trinajstić information content (AvgIpc) is 2.80. The van der Waals surface area contributed by atoms with Gasteiger partial charge in [-0.1, -0.05) is 5.56 Å². The second kappa shape index (κ2) is 27.7. The minimum absolute atomic E-state index is 0. The molecule has 0 fully saturated rings. The third-order valence-electron chi connectivity index (χ3n) is 2.25. The summed E-state index contributed by atoms with van der Waals surface area (Å²) in [7, 11) is 0. The van der Waals surface area contributed by atoms with Gasteiger partial charge in [-0.2, -0.15) is 6.72 Å². The standard InChI is InChI=1S/C13H11N3.8Y/c1-9-7-12(10(2)14-3)16-13(8-9)11-5-4-6-15-11;;;;;;;;/h2-8,15H,1H3;;;;;;;;/q-2;;;;;;;;. The average molecular weight is 920 g/mol. The summed E-state index contributed by atoms with van der Waals surface area (Å²) in [6.07, 6.45) is 1.85. The summed E-state index contributed by atoms with van der Waals surface area (Å²) in [5.41, 5.74) is 3.64. The Morgan fingerprint density at radius 3 is 1.96 bits per heavy atom. The second-order valence-corrected chi connectivity index (χ2v) is 3.51. The SMILES string of the molecule is [CH-]=NC(=[CH-])c1cc(C)cc(-c2ccc[nH]2)n1.[Y].[Y].[Y].[Y].[Y].[Y].[Y].[Y]. The molecular weight excluding hydrogens is 909 g/mol. The van der Waals surface area contributed by atoms with E-state index in [2.05, 4.69) is 15.0 Å². The van der Waals surface area contributed by atoms with Crippen LogP contribution in [0.4, 0.5) is 0 Å². The maximum absolute atomic E-state index is 5.64. The van der Waals surface area contributed by atoms with E-state index in [0.29, 0.717) is 5.69 Å². The molecule has 2 aromatic rings. The van der Waals surface area contributed by atoms with Crippen molar-refractivity contribution in [2.45, 2.75) is 6.92 Å². The molecule has 0 unspecified atom stereocenters. The Morgan fingerprint density at radius 2 is 1.54 bits per heavy atom. The molecule has 0 saturated heterocycles. The zero-order chi connectivity index (χ0) is 11.5. The molecule has 0 atom stereocenters. The van der Waals surface area contributed by atoms with Crippen LogP contribution < -0.4 is 0 Å². The maximum Gasteiger partial charge on any atom is 0.0652 e. The van der Waals surface area contributed by atoms with E-state index in [-0.39, 0.29) is 267 Å². The van der Waals surface area contributed by atoms with Crippen LogP contribution in [0.25, 0.3) is 17.1 Å². The minimum atomic E-state index is 0. The van der Waals surface area contributed by atoms with Crippen LogP contribution in [0.3, 0.4) is 0 Å². The van der Waals surface area contributed by atoms with Gasteiger partial charge in [0.15, 0.2) is 0 Å². The Labute approximate surface area is 346 Å². The second-order valence-electron chi connectivity index (χ2n) is 3.51. The van der Waals surface area contributed by atoms with Gasteiger partial charge in [0.1, 0.15) is 0 Å². The first-order chi connectivity index (χ1) is 7.70. The Bertz CT molecular complexity index is 546. The fraction of sp³-hybridized carbons (Fsp3) is 0.0769. The molecule has 24 heavy (non-hydrogen) atoms. The van der Waals surface area contributed by atoms with E-state index in [0.717, 1.165) is 17.0 Å². The topological polar surface area (TPSA) is 41.0 Å². The van der Waals surface area contributed by atoms with Gasteiger partial charge in [0.05, 0.1) is 11.4 Å². The van der Waals surface area contributed by atoms with Crippen LogP contribution in [-0.4, -0.2) is 16.7 Å². The molecule has 0 spiro atoms. The van der Waals surface area contributed by atoms with Crippen molar-refractivity contribution in [2.24, 2.45) is 4.99 Å². The number of H-pyrrole nitrogens is 1. The van der Waals surface area contributed by atoms with Crippen LogP contribution >= 0.6 is 0 Å². The minimum Gasteiger partial charge on any atom is -0.496 e. The number of aliphatic imine (C=N–C) groups is 1. The smallest absolute Gasteiger partial charge is 0.0652 e. The number of rotatable bonds is 3. The van der Waals surface area contributed by atoms with Crippen molar-refractivity contribution >= 4 is 12.4 Å². The molecule has 2 rings (SSSR count). The van der Waals surface area contributed by atoms with Gasteiger partial charge in [0.25, 0.3) is 0 Å². The van der Waals surface area contributed by atoms with Gasteiger partial charge in [-0.25, -0.2) is 0 Å². The number of aromatic amines is 1. The monoisotopic (exact) mass is 920 g/mol. The summed E-state index contributed by atoms with van der Waals surface area (Å²) >= 11 is 0. The Morgan fingerprint density at radius 1 is 1.00 bits per heavy atom. The molecule has 0 bridgehead atoms. The number of nitrogens with one attached hydrogen (secondary N) is 1. The van der Waals surface area contributed by atoms with Crippen molar-refractivity contribution in [3.05, 3.63) is 48.3 Å². The fourth-order valence-electron chi connectivity index (χ4n) is 1.49. The summed E-state index contributed by atoms with van der Waals surface area (Å²) in [5.74, 6) is 0. The van der Waals surface area contributed by atoms with Gasteiger partial charge in [-0.15, -0.1) is 11.8 Å². The summed E-state index contributed by atoms with van der Waals surface area (Å²) in [6.45, 7) is 12.7. The van der Waals surface area contributed by atoms with Crippen LogP contribution in [0.15, 0.2) is 35.5 Å². The van der Waals surface area contributed by atoms with Crippen molar-refractivity contribution < 1.29 is 262 Å². The van der Waals surface area contributed by atoms with Gasteiger partial charge in [0, 0.05) is 268 Å². The zero-order valence-electron chi connectivity index (χ0n) is 13.6. The third kappa shape index (κ3) is 17.3. The zero-order valence-corrected chi connectivity index (χ0v) is 36.3. The molecule has 0 amide bonds. The van der Waals surface area contributed by atoms with Crippen LogP contribution in [0.5, 0.6) is 0 Å². The Kier molecular flexibility index (Phi) is 55.6. The molecule has 2 aromatic heterocycles. The van der Waals surface area contributed by atoms with E-state index >= 15 is 0 Å². The molecule has 0 aliphatic rings. The normalized spacial score (nSPS) is 6.71. The van der Waals surface area contributed by atoms with E-state index in [4.69, 9.17) is 13.3 Å². The van der Waals surface area contributed by atoms with Crippen LogP contribution in [0.2, 0.25) is 0 Å². The van der Waals surface area contributed by atoms with Gasteiger partial charge in [0.2, 0.25) is 0 Å². The largest absolute Gasteiger partial charge is 0.496 e. The van der Waals surface area contributed by atoms with Crippen molar-refractivity contribution in [2.75, 3.05) is 0 Å². The molecule has 2 heterocycles. The van der Waals surface area contributed by atoms with E-state index in [1.54, 1.807) is 0 Å². The summed E-state index contributed by atoms with van der Waals surface area (Å²) < 4.78 is 0. The van der Waals surface area contributed by atoms with E-state index in [9.17, 15) is 0 Å². The molecule has 3 nitrogen and oxygen atoms in total. The first-order valence-electron chi connectivity index (χ1n) is 4.87. The van der Waals surface area contributed by atoms with Crippen molar-refractivity contribution in [3.8, 4) is 11.4 Å². The molecule has 104 valence electrons. The van der Waals surface area contributed by atoms with Gasteiger partial charge < -0.3 is 21.5 Å². The summed E-state index contributed by atoms with van der Waals surface area (Å²) in [6, 6.07) is 7.68. The Hall–Kier alpha value is 6.67. The molecular formula is C13H11N3Y8-2. The van der Waals surface area contributed by atoms with E-state index < -0.39 is 0 Å². The molecule has 8 radical (unpaired) electrons. The first kappa shape index (κ1) is 48.2.